The van der Waals surface area contributed by atoms with Crippen molar-refractivity contribution < 1.29 is 9.53 Å². The van der Waals surface area contributed by atoms with Gasteiger partial charge in [0.25, 0.3) is 0 Å². The average Bonchev–Trinajstić information content (AvgIpc) is 2.38. The molecule has 2 nitrogen and oxygen atoms in total. The number of benzene rings is 2. The van der Waals surface area contributed by atoms with Gasteiger partial charge in [0.2, 0.25) is 5.78 Å². The zero-order chi connectivity index (χ0) is 13.8. The van der Waals surface area contributed by atoms with Crippen LogP contribution in [0, 0.1) is 0 Å². The van der Waals surface area contributed by atoms with E-state index in [4.69, 9.17) is 27.9 Å². The van der Waals surface area contributed by atoms with Crippen molar-refractivity contribution in [2.45, 2.75) is 0 Å². The minimum atomic E-state index is -0.174. The van der Waals surface area contributed by atoms with Crippen LogP contribution in [0.5, 0.6) is 5.75 Å². The minimum Gasteiger partial charge on any atom is -0.484 e. The minimum absolute atomic E-state index is 0.0794. The van der Waals surface area contributed by atoms with Gasteiger partial charge in [0.15, 0.2) is 6.61 Å². The first-order valence-corrected chi connectivity index (χ1v) is 6.98. The first kappa shape index (κ1) is 14.4. The Labute approximate surface area is 129 Å². The van der Waals surface area contributed by atoms with Gasteiger partial charge in [0.1, 0.15) is 5.75 Å². The highest BCUT2D eigenvalue weighted by Gasteiger charge is 2.11. The Balaban J connectivity index is 2.07. The van der Waals surface area contributed by atoms with Gasteiger partial charge in [-0.1, -0.05) is 35.3 Å². The van der Waals surface area contributed by atoms with Gasteiger partial charge in [-0.2, -0.15) is 0 Å². The number of carbonyl (C=O) groups excluding carboxylic acids is 1. The van der Waals surface area contributed by atoms with Crippen LogP contribution < -0.4 is 4.74 Å². The van der Waals surface area contributed by atoms with Crippen molar-refractivity contribution in [3.63, 3.8) is 0 Å². The second-order valence-corrected chi connectivity index (χ2v) is 5.46. The number of rotatable bonds is 4. The summed E-state index contributed by atoms with van der Waals surface area (Å²) < 4.78 is 6.15. The fourth-order valence-corrected chi connectivity index (χ4v) is 2.54. The molecule has 0 spiro atoms. The van der Waals surface area contributed by atoms with Crippen LogP contribution in [0.3, 0.4) is 0 Å². The summed E-state index contributed by atoms with van der Waals surface area (Å²) in [7, 11) is 0. The normalized spacial score (nSPS) is 10.3. The quantitative estimate of drug-likeness (QED) is 0.716. The molecule has 0 amide bonds. The number of halogens is 3. The number of hydrogen-bond acceptors (Lipinski definition) is 2. The van der Waals surface area contributed by atoms with E-state index in [1.807, 2.05) is 0 Å². The molecule has 0 atom stereocenters. The second-order valence-electron chi connectivity index (χ2n) is 3.77. The zero-order valence-electron chi connectivity index (χ0n) is 9.70. The van der Waals surface area contributed by atoms with Crippen LogP contribution in [0.4, 0.5) is 0 Å². The standard InChI is InChI=1S/C14H9BrCl2O2/c15-11-7-9(16)5-6-14(11)19-8-13(18)10-3-1-2-4-12(10)17/h1-7H,8H2. The maximum absolute atomic E-state index is 12.0. The number of ether oxygens (including phenoxy) is 1. The monoisotopic (exact) mass is 358 g/mol. The summed E-state index contributed by atoms with van der Waals surface area (Å²) in [4.78, 5) is 12.0. The average molecular weight is 360 g/mol. The van der Waals surface area contributed by atoms with Crippen LogP contribution in [0.2, 0.25) is 10.0 Å². The Bertz CT molecular complexity index is 614. The lowest BCUT2D eigenvalue weighted by atomic mass is 10.1. The van der Waals surface area contributed by atoms with Gasteiger partial charge in [-0.3, -0.25) is 4.79 Å². The molecule has 2 aromatic rings. The highest BCUT2D eigenvalue weighted by atomic mass is 79.9. The van der Waals surface area contributed by atoms with E-state index < -0.39 is 0 Å². The van der Waals surface area contributed by atoms with E-state index in [0.29, 0.717) is 25.8 Å². The van der Waals surface area contributed by atoms with Gasteiger partial charge in [0, 0.05) is 10.6 Å². The number of hydrogen-bond donors (Lipinski definition) is 0. The summed E-state index contributed by atoms with van der Waals surface area (Å²) in [5, 5.41) is 1.02. The lowest BCUT2D eigenvalue weighted by molar-refractivity contribution is 0.0921. The lowest BCUT2D eigenvalue weighted by Gasteiger charge is -2.08. The van der Waals surface area contributed by atoms with Gasteiger partial charge < -0.3 is 4.74 Å². The van der Waals surface area contributed by atoms with Crippen LogP contribution >= 0.6 is 39.1 Å². The first-order valence-electron chi connectivity index (χ1n) is 5.43. The van der Waals surface area contributed by atoms with Crippen LogP contribution in [-0.4, -0.2) is 12.4 Å². The Hall–Kier alpha value is -1.03. The molecule has 0 saturated carbocycles. The maximum atomic E-state index is 12.0. The smallest absolute Gasteiger partial charge is 0.201 e. The van der Waals surface area contributed by atoms with Gasteiger partial charge in [-0.25, -0.2) is 0 Å². The third-order valence-corrected chi connectivity index (χ3v) is 3.61. The van der Waals surface area contributed by atoms with E-state index in [1.54, 1.807) is 42.5 Å². The van der Waals surface area contributed by atoms with Crippen molar-refractivity contribution in [1.29, 1.82) is 0 Å². The summed E-state index contributed by atoms with van der Waals surface area (Å²) in [6.07, 6.45) is 0. The van der Waals surface area contributed by atoms with E-state index in [9.17, 15) is 4.79 Å². The molecule has 0 fully saturated rings. The zero-order valence-corrected chi connectivity index (χ0v) is 12.8. The third kappa shape index (κ3) is 3.72. The van der Waals surface area contributed by atoms with Crippen molar-refractivity contribution in [2.24, 2.45) is 0 Å². The largest absolute Gasteiger partial charge is 0.484 e. The molecule has 0 radical (unpaired) electrons. The van der Waals surface area contributed by atoms with Crippen molar-refractivity contribution in [3.8, 4) is 5.75 Å². The van der Waals surface area contributed by atoms with Crippen molar-refractivity contribution in [3.05, 3.63) is 62.5 Å². The molecule has 5 heteroatoms. The fourth-order valence-electron chi connectivity index (χ4n) is 1.50. The molecule has 0 aliphatic heterocycles. The SMILES string of the molecule is O=C(COc1ccc(Cl)cc1Br)c1ccccc1Cl. The summed E-state index contributed by atoms with van der Waals surface area (Å²) in [5.41, 5.74) is 0.453. The molecular weight excluding hydrogens is 351 g/mol. The number of ketones is 1. The predicted octanol–water partition coefficient (Wildman–Crippen LogP) is 5.02. The van der Waals surface area contributed by atoms with Crippen molar-refractivity contribution in [2.75, 3.05) is 6.61 Å². The summed E-state index contributed by atoms with van der Waals surface area (Å²) in [6.45, 7) is -0.0794. The molecule has 0 aliphatic carbocycles. The Morgan fingerprint density at radius 1 is 1.16 bits per heavy atom. The molecule has 0 saturated heterocycles. The molecule has 0 heterocycles. The molecule has 0 aromatic heterocycles. The topological polar surface area (TPSA) is 26.3 Å². The Kier molecular flexibility index (Phi) is 4.86. The first-order chi connectivity index (χ1) is 9.08. The van der Waals surface area contributed by atoms with Crippen LogP contribution in [0.25, 0.3) is 0 Å². The summed E-state index contributed by atoms with van der Waals surface area (Å²) in [6, 6.07) is 12.0. The fraction of sp³-hybridized carbons (Fsp3) is 0.0714. The lowest BCUT2D eigenvalue weighted by Crippen LogP contribution is -2.12. The van der Waals surface area contributed by atoms with Gasteiger partial charge >= 0.3 is 0 Å². The summed E-state index contributed by atoms with van der Waals surface area (Å²) in [5.74, 6) is 0.386. The van der Waals surface area contributed by atoms with Crippen molar-refractivity contribution in [1.82, 2.24) is 0 Å². The molecule has 98 valence electrons. The van der Waals surface area contributed by atoms with Crippen molar-refractivity contribution >= 4 is 44.9 Å². The molecule has 19 heavy (non-hydrogen) atoms. The van der Waals surface area contributed by atoms with Gasteiger partial charge in [0.05, 0.1) is 9.50 Å². The highest BCUT2D eigenvalue weighted by Crippen LogP contribution is 2.28. The van der Waals surface area contributed by atoms with Gasteiger partial charge in [-0.15, -0.1) is 0 Å². The Morgan fingerprint density at radius 3 is 2.58 bits per heavy atom. The maximum Gasteiger partial charge on any atom is 0.201 e. The van der Waals surface area contributed by atoms with E-state index in [2.05, 4.69) is 15.9 Å². The Morgan fingerprint density at radius 2 is 1.89 bits per heavy atom. The highest BCUT2D eigenvalue weighted by molar-refractivity contribution is 9.10. The second kappa shape index (κ2) is 6.42. The molecular formula is C14H9BrCl2O2. The van der Waals surface area contributed by atoms with E-state index >= 15 is 0 Å². The molecule has 0 unspecified atom stereocenters. The molecule has 2 rings (SSSR count). The molecule has 0 N–H and O–H groups in total. The van der Waals surface area contributed by atoms with Gasteiger partial charge in [-0.05, 0) is 46.3 Å². The summed E-state index contributed by atoms with van der Waals surface area (Å²) >= 11 is 15.1. The van der Waals surface area contributed by atoms with E-state index in [-0.39, 0.29) is 12.4 Å². The van der Waals surface area contributed by atoms with E-state index in [1.165, 1.54) is 0 Å². The molecule has 0 aliphatic rings. The van der Waals surface area contributed by atoms with E-state index in [0.717, 1.165) is 0 Å². The number of carbonyl (C=O) groups is 1. The van der Waals surface area contributed by atoms with Crippen LogP contribution in [0.15, 0.2) is 46.9 Å². The van der Waals surface area contributed by atoms with Crippen LogP contribution in [-0.2, 0) is 0 Å². The molecule has 2 aromatic carbocycles. The van der Waals surface area contributed by atoms with Crippen LogP contribution in [0.1, 0.15) is 10.4 Å². The molecule has 0 bridgehead atoms. The third-order valence-electron chi connectivity index (χ3n) is 2.43. The predicted molar refractivity (Wildman–Crippen MR) is 80.4 cm³/mol. The number of Topliss-reactive ketones (excluding diaryl/α,β-unsaturated/α-hetero) is 1.